The quantitative estimate of drug-likeness (QED) is 0.734. The summed E-state index contributed by atoms with van der Waals surface area (Å²) in [5.74, 6) is -0.183. The van der Waals surface area contributed by atoms with Crippen LogP contribution < -0.4 is 11.1 Å². The third-order valence-corrected chi connectivity index (χ3v) is 3.80. The van der Waals surface area contributed by atoms with Crippen LogP contribution >= 0.6 is 38.5 Å². The van der Waals surface area contributed by atoms with Gasteiger partial charge in [-0.2, -0.15) is 0 Å². The molecule has 0 unspecified atom stereocenters. The largest absolute Gasteiger partial charge is 0.397 e. The number of hydrogen-bond donors (Lipinski definition) is 2. The molecule has 3 N–H and O–H groups in total. The highest BCUT2D eigenvalue weighted by atomic mass is 127. The fourth-order valence-corrected chi connectivity index (χ4v) is 2.43. The number of nitrogens with two attached hydrogens (primary N) is 1. The highest BCUT2D eigenvalue weighted by Gasteiger charge is 2.12. The topological polar surface area (TPSA) is 60.0 Å². The van der Waals surface area contributed by atoms with Gasteiger partial charge in [-0.05, 0) is 62.8 Å². The zero-order valence-electron chi connectivity index (χ0n) is 9.58. The summed E-state index contributed by atoms with van der Waals surface area (Å²) in [6.45, 7) is 0. The van der Waals surface area contributed by atoms with Gasteiger partial charge < -0.3 is 15.6 Å². The lowest BCUT2D eigenvalue weighted by molar-refractivity contribution is 0.101. The number of amides is 1. The lowest BCUT2D eigenvalue weighted by Gasteiger charge is -2.08. The fraction of sp³-hybridized carbons (Fsp3) is 0.0833. The molecule has 0 bridgehead atoms. The van der Waals surface area contributed by atoms with Crippen molar-refractivity contribution in [2.45, 2.75) is 0 Å². The molecule has 4 nitrogen and oxygen atoms in total. The van der Waals surface area contributed by atoms with Crippen molar-refractivity contribution < 1.29 is 4.79 Å². The standard InChI is InChI=1S/C12H11BrIN3O/c1-17-6-8(15)5-11(17)12(18)16-10-4-7(14)2-3-9(10)13/h2-6H,15H2,1H3,(H,16,18). The molecular formula is C12H11BrIN3O. The van der Waals surface area contributed by atoms with Crippen molar-refractivity contribution in [2.75, 3.05) is 11.1 Å². The SMILES string of the molecule is Cn1cc(N)cc1C(=O)Nc1cc(I)ccc1Br. The number of carbonyl (C=O) groups excluding carboxylic acids is 1. The van der Waals surface area contributed by atoms with E-state index in [9.17, 15) is 4.79 Å². The highest BCUT2D eigenvalue weighted by molar-refractivity contribution is 14.1. The van der Waals surface area contributed by atoms with E-state index in [2.05, 4.69) is 43.8 Å². The number of carbonyl (C=O) groups is 1. The molecule has 1 aromatic carbocycles. The van der Waals surface area contributed by atoms with E-state index >= 15 is 0 Å². The molecule has 0 saturated carbocycles. The molecule has 18 heavy (non-hydrogen) atoms. The van der Waals surface area contributed by atoms with Gasteiger partial charge in [0.2, 0.25) is 0 Å². The third-order valence-electron chi connectivity index (χ3n) is 2.44. The molecule has 1 heterocycles. The number of rotatable bonds is 2. The minimum Gasteiger partial charge on any atom is -0.397 e. The summed E-state index contributed by atoms with van der Waals surface area (Å²) in [7, 11) is 1.79. The summed E-state index contributed by atoms with van der Waals surface area (Å²) < 4.78 is 3.60. The van der Waals surface area contributed by atoms with Gasteiger partial charge >= 0.3 is 0 Å². The monoisotopic (exact) mass is 419 g/mol. The number of aromatic nitrogens is 1. The molecule has 0 fully saturated rings. The van der Waals surface area contributed by atoms with E-state index in [1.807, 2.05) is 18.2 Å². The van der Waals surface area contributed by atoms with Crippen LogP contribution in [0.15, 0.2) is 34.9 Å². The molecule has 2 rings (SSSR count). The van der Waals surface area contributed by atoms with Crippen molar-refractivity contribution in [1.29, 1.82) is 0 Å². The summed E-state index contributed by atoms with van der Waals surface area (Å²) in [6, 6.07) is 7.41. The van der Waals surface area contributed by atoms with Gasteiger partial charge in [0, 0.05) is 21.3 Å². The summed E-state index contributed by atoms with van der Waals surface area (Å²) in [4.78, 5) is 12.1. The van der Waals surface area contributed by atoms with E-state index < -0.39 is 0 Å². The van der Waals surface area contributed by atoms with Gasteiger partial charge in [0.1, 0.15) is 5.69 Å². The Hall–Kier alpha value is -1.02. The zero-order chi connectivity index (χ0) is 13.3. The van der Waals surface area contributed by atoms with Gasteiger partial charge in [0.15, 0.2) is 0 Å². The Bertz CT molecular complexity index is 609. The lowest BCUT2D eigenvalue weighted by atomic mass is 10.3. The summed E-state index contributed by atoms with van der Waals surface area (Å²) in [5, 5.41) is 2.85. The lowest BCUT2D eigenvalue weighted by Crippen LogP contribution is -2.15. The van der Waals surface area contributed by atoms with Crippen LogP contribution in [0.5, 0.6) is 0 Å². The fourth-order valence-electron chi connectivity index (χ4n) is 1.60. The van der Waals surface area contributed by atoms with Crippen molar-refractivity contribution in [3.63, 3.8) is 0 Å². The normalized spacial score (nSPS) is 10.4. The van der Waals surface area contributed by atoms with Crippen LogP contribution in [-0.4, -0.2) is 10.5 Å². The first kappa shape index (κ1) is 13.4. The summed E-state index contributed by atoms with van der Waals surface area (Å²) in [6.07, 6.45) is 1.71. The first-order chi connectivity index (χ1) is 8.47. The molecule has 0 saturated heterocycles. The minimum atomic E-state index is -0.183. The van der Waals surface area contributed by atoms with E-state index in [0.29, 0.717) is 11.4 Å². The van der Waals surface area contributed by atoms with Crippen molar-refractivity contribution in [3.05, 3.63) is 44.2 Å². The number of nitrogen functional groups attached to an aromatic ring is 1. The van der Waals surface area contributed by atoms with Crippen LogP contribution in [0.2, 0.25) is 0 Å². The Kier molecular flexibility index (Phi) is 3.96. The van der Waals surface area contributed by atoms with Gasteiger partial charge in [-0.15, -0.1) is 0 Å². The number of hydrogen-bond acceptors (Lipinski definition) is 2. The molecule has 0 aliphatic rings. The molecule has 0 spiro atoms. The van der Waals surface area contributed by atoms with Gasteiger partial charge in [0.25, 0.3) is 5.91 Å². The van der Waals surface area contributed by atoms with Crippen LogP contribution in [0.3, 0.4) is 0 Å². The van der Waals surface area contributed by atoms with Crippen molar-refractivity contribution in [3.8, 4) is 0 Å². The zero-order valence-corrected chi connectivity index (χ0v) is 13.3. The van der Waals surface area contributed by atoms with Crippen LogP contribution in [0.4, 0.5) is 11.4 Å². The highest BCUT2D eigenvalue weighted by Crippen LogP contribution is 2.25. The second-order valence-electron chi connectivity index (χ2n) is 3.85. The predicted octanol–water partition coefficient (Wildman–Crippen LogP) is 3.23. The molecule has 0 atom stereocenters. The number of benzene rings is 1. The summed E-state index contributed by atoms with van der Waals surface area (Å²) in [5.41, 5.74) is 7.50. The van der Waals surface area contributed by atoms with Crippen molar-refractivity contribution in [2.24, 2.45) is 7.05 Å². The van der Waals surface area contributed by atoms with Crippen LogP contribution in [0.1, 0.15) is 10.5 Å². The Morgan fingerprint density at radius 1 is 1.44 bits per heavy atom. The summed E-state index contributed by atoms with van der Waals surface area (Å²) >= 11 is 5.60. The molecule has 0 radical (unpaired) electrons. The first-order valence-corrected chi connectivity index (χ1v) is 7.03. The molecule has 1 amide bonds. The van der Waals surface area contributed by atoms with Crippen LogP contribution in [-0.2, 0) is 7.05 Å². The molecule has 0 aliphatic heterocycles. The molecule has 2 aromatic rings. The Morgan fingerprint density at radius 2 is 2.17 bits per heavy atom. The Morgan fingerprint density at radius 3 is 2.78 bits per heavy atom. The first-order valence-electron chi connectivity index (χ1n) is 5.15. The second-order valence-corrected chi connectivity index (χ2v) is 5.95. The van der Waals surface area contributed by atoms with Crippen molar-refractivity contribution in [1.82, 2.24) is 4.57 Å². The number of nitrogens with one attached hydrogen (secondary N) is 1. The Balaban J connectivity index is 2.26. The smallest absolute Gasteiger partial charge is 0.272 e. The number of halogens is 2. The molecule has 0 aliphatic carbocycles. The van der Waals surface area contributed by atoms with E-state index in [0.717, 1.165) is 13.7 Å². The van der Waals surface area contributed by atoms with E-state index in [4.69, 9.17) is 5.73 Å². The molecule has 94 valence electrons. The Labute approximate surface area is 127 Å². The maximum Gasteiger partial charge on any atom is 0.272 e. The molecule has 1 aromatic heterocycles. The number of aryl methyl sites for hydroxylation is 1. The maximum atomic E-state index is 12.1. The second kappa shape index (κ2) is 5.31. The number of anilines is 2. The maximum absolute atomic E-state index is 12.1. The number of nitrogens with zero attached hydrogens (tertiary/aromatic N) is 1. The molecule has 6 heteroatoms. The van der Waals surface area contributed by atoms with Gasteiger partial charge in [0.05, 0.1) is 11.4 Å². The predicted molar refractivity (Wildman–Crippen MR) is 84.6 cm³/mol. The van der Waals surface area contributed by atoms with E-state index in [-0.39, 0.29) is 5.91 Å². The average molecular weight is 420 g/mol. The van der Waals surface area contributed by atoms with Crippen LogP contribution in [0.25, 0.3) is 0 Å². The van der Waals surface area contributed by atoms with Gasteiger partial charge in [-0.1, -0.05) is 0 Å². The van der Waals surface area contributed by atoms with Crippen LogP contribution in [0, 0.1) is 3.57 Å². The van der Waals surface area contributed by atoms with E-state index in [1.165, 1.54) is 0 Å². The van der Waals surface area contributed by atoms with Crippen molar-refractivity contribution >= 4 is 55.8 Å². The minimum absolute atomic E-state index is 0.183. The molecular weight excluding hydrogens is 409 g/mol. The average Bonchev–Trinajstić information content (AvgIpc) is 2.63. The van der Waals surface area contributed by atoms with Gasteiger partial charge in [-0.25, -0.2) is 0 Å². The van der Waals surface area contributed by atoms with E-state index in [1.54, 1.807) is 23.9 Å². The third kappa shape index (κ3) is 2.86. The van der Waals surface area contributed by atoms with Gasteiger partial charge in [-0.3, -0.25) is 4.79 Å².